The summed E-state index contributed by atoms with van der Waals surface area (Å²) in [7, 11) is 0. The van der Waals surface area contributed by atoms with Crippen LogP contribution in [0, 0.1) is 5.82 Å². The van der Waals surface area contributed by atoms with Crippen LogP contribution in [0.2, 0.25) is 0 Å². The smallest absolute Gasteiger partial charge is 0.272 e. The second-order valence-electron chi connectivity index (χ2n) is 10.4. The summed E-state index contributed by atoms with van der Waals surface area (Å²) in [6, 6.07) is 12.8. The molecule has 1 saturated carbocycles. The lowest BCUT2D eigenvalue weighted by atomic mass is 10.2. The lowest BCUT2D eigenvalue weighted by Crippen LogP contribution is -2.46. The van der Waals surface area contributed by atoms with Gasteiger partial charge in [-0.25, -0.2) is 9.37 Å². The molecule has 0 atom stereocenters. The van der Waals surface area contributed by atoms with Crippen LogP contribution < -0.4 is 26.6 Å². The predicted molar refractivity (Wildman–Crippen MR) is 153 cm³/mol. The van der Waals surface area contributed by atoms with Crippen LogP contribution in [0.25, 0.3) is 12.2 Å². The van der Waals surface area contributed by atoms with Gasteiger partial charge in [-0.2, -0.15) is 0 Å². The molecule has 1 aliphatic heterocycles. The number of benzene rings is 2. The second kappa shape index (κ2) is 12.1. The SMILES string of the molecule is O=c1[nH]/c(=C\c2ncn(CCCN3CCOCC3)c2C2CC2)c(=O)[nH]/c1=C\c1cccc(Oc2ccc(F)cc2)c1. The first-order chi connectivity index (χ1) is 20.0. The first-order valence-corrected chi connectivity index (χ1v) is 14.0. The zero-order chi connectivity index (χ0) is 28.2. The van der Waals surface area contributed by atoms with E-state index >= 15 is 0 Å². The lowest BCUT2D eigenvalue weighted by Gasteiger charge is -2.26. The molecule has 0 unspecified atom stereocenters. The molecule has 1 saturated heterocycles. The molecule has 3 heterocycles. The normalized spacial score (nSPS) is 16.8. The van der Waals surface area contributed by atoms with Crippen molar-refractivity contribution >= 4 is 12.2 Å². The number of rotatable bonds is 9. The van der Waals surface area contributed by atoms with Gasteiger partial charge in [0.25, 0.3) is 11.1 Å². The quantitative estimate of drug-likeness (QED) is 0.328. The number of hydrogen-bond acceptors (Lipinski definition) is 6. The van der Waals surface area contributed by atoms with Gasteiger partial charge >= 0.3 is 0 Å². The number of H-pyrrole nitrogens is 2. The van der Waals surface area contributed by atoms with Crippen LogP contribution in [0.3, 0.4) is 0 Å². The Kier molecular flexibility index (Phi) is 7.93. The number of hydrogen-bond donors (Lipinski definition) is 2. The molecule has 2 aromatic carbocycles. The highest BCUT2D eigenvalue weighted by Gasteiger charge is 2.29. The van der Waals surface area contributed by atoms with Crippen LogP contribution in [0.1, 0.15) is 42.1 Å². The summed E-state index contributed by atoms with van der Waals surface area (Å²) in [5, 5.41) is 0.295. The van der Waals surface area contributed by atoms with Gasteiger partial charge in [0.2, 0.25) is 0 Å². The van der Waals surface area contributed by atoms with Crippen LogP contribution >= 0.6 is 0 Å². The van der Waals surface area contributed by atoms with E-state index in [-0.39, 0.29) is 16.5 Å². The summed E-state index contributed by atoms with van der Waals surface area (Å²) in [5.74, 6) is 1.08. The van der Waals surface area contributed by atoms with Crippen molar-refractivity contribution < 1.29 is 13.9 Å². The molecule has 9 nitrogen and oxygen atoms in total. The van der Waals surface area contributed by atoms with E-state index in [9.17, 15) is 14.0 Å². The Bertz CT molecular complexity index is 1750. The fourth-order valence-corrected chi connectivity index (χ4v) is 5.09. The fourth-order valence-electron chi connectivity index (χ4n) is 5.09. The number of nitrogens with one attached hydrogen (secondary N) is 2. The molecular weight excluding hydrogens is 525 g/mol. The van der Waals surface area contributed by atoms with Crippen LogP contribution in [0.15, 0.2) is 64.4 Å². The third-order valence-corrected chi connectivity index (χ3v) is 7.33. The van der Waals surface area contributed by atoms with Crippen molar-refractivity contribution in [2.45, 2.75) is 31.7 Å². The number of nitrogens with zero attached hydrogens (tertiary/aromatic N) is 3. The number of aromatic nitrogens is 4. The van der Waals surface area contributed by atoms with Gasteiger partial charge in [-0.05, 0) is 73.4 Å². The van der Waals surface area contributed by atoms with Crippen LogP contribution in [0.4, 0.5) is 4.39 Å². The maximum Gasteiger partial charge on any atom is 0.272 e. The van der Waals surface area contributed by atoms with E-state index in [4.69, 9.17) is 9.47 Å². The molecule has 2 N–H and O–H groups in total. The molecule has 0 amide bonds. The number of aromatic amines is 2. The molecule has 212 valence electrons. The molecule has 10 heteroatoms. The molecule has 1 aliphatic carbocycles. The van der Waals surface area contributed by atoms with E-state index in [2.05, 4.69) is 24.4 Å². The van der Waals surface area contributed by atoms with Gasteiger partial charge in [0.15, 0.2) is 0 Å². The Morgan fingerprint density at radius 2 is 1.68 bits per heavy atom. The molecule has 6 rings (SSSR count). The van der Waals surface area contributed by atoms with Crippen molar-refractivity contribution in [3.8, 4) is 11.5 Å². The van der Waals surface area contributed by atoms with Crippen molar-refractivity contribution in [3.05, 3.63) is 109 Å². The predicted octanol–water partition coefficient (Wildman–Crippen LogP) is 2.45. The molecular formula is C31H32FN5O4. The van der Waals surface area contributed by atoms with Gasteiger partial charge in [0, 0.05) is 37.8 Å². The minimum absolute atomic E-state index is 0.127. The maximum absolute atomic E-state index is 13.2. The van der Waals surface area contributed by atoms with Crippen LogP contribution in [-0.2, 0) is 11.3 Å². The van der Waals surface area contributed by atoms with E-state index in [1.165, 1.54) is 24.3 Å². The number of morpholine rings is 1. The zero-order valence-corrected chi connectivity index (χ0v) is 22.6. The lowest BCUT2D eigenvalue weighted by molar-refractivity contribution is 0.0369. The van der Waals surface area contributed by atoms with E-state index in [1.807, 2.05) is 6.33 Å². The summed E-state index contributed by atoms with van der Waals surface area (Å²) in [6.07, 6.45) is 8.30. The minimum Gasteiger partial charge on any atom is -0.457 e. The highest BCUT2D eigenvalue weighted by molar-refractivity contribution is 5.52. The van der Waals surface area contributed by atoms with Crippen molar-refractivity contribution in [2.24, 2.45) is 0 Å². The van der Waals surface area contributed by atoms with Gasteiger partial charge in [0.05, 0.1) is 25.2 Å². The summed E-state index contributed by atoms with van der Waals surface area (Å²) in [4.78, 5) is 38.4. The second-order valence-corrected chi connectivity index (χ2v) is 10.4. The highest BCUT2D eigenvalue weighted by Crippen LogP contribution is 2.41. The number of aryl methyl sites for hydroxylation is 1. The minimum atomic E-state index is -0.418. The Labute approximate surface area is 235 Å². The van der Waals surface area contributed by atoms with Crippen molar-refractivity contribution in [1.82, 2.24) is 24.4 Å². The monoisotopic (exact) mass is 557 g/mol. The Balaban J connectivity index is 1.22. The molecule has 0 spiro atoms. The van der Waals surface area contributed by atoms with Crippen molar-refractivity contribution in [3.63, 3.8) is 0 Å². The Morgan fingerprint density at radius 3 is 2.41 bits per heavy atom. The summed E-state index contributed by atoms with van der Waals surface area (Å²) in [5.41, 5.74) is 1.69. The van der Waals surface area contributed by atoms with E-state index in [1.54, 1.807) is 36.4 Å². The molecule has 2 fully saturated rings. The first-order valence-electron chi connectivity index (χ1n) is 14.0. The fraction of sp³-hybridized carbons (Fsp3) is 0.323. The third-order valence-electron chi connectivity index (χ3n) is 7.33. The summed E-state index contributed by atoms with van der Waals surface area (Å²) in [6.45, 7) is 5.39. The van der Waals surface area contributed by atoms with Crippen LogP contribution in [0.5, 0.6) is 11.5 Å². The molecule has 2 aliphatic rings. The maximum atomic E-state index is 13.2. The zero-order valence-electron chi connectivity index (χ0n) is 22.6. The third kappa shape index (κ3) is 6.72. The summed E-state index contributed by atoms with van der Waals surface area (Å²) < 4.78 is 26.6. The van der Waals surface area contributed by atoms with Crippen LogP contribution in [-0.4, -0.2) is 57.3 Å². The topological polar surface area (TPSA) is 105 Å². The van der Waals surface area contributed by atoms with Crippen molar-refractivity contribution in [1.29, 1.82) is 0 Å². The van der Waals surface area contributed by atoms with Gasteiger partial charge in [-0.3, -0.25) is 14.5 Å². The average molecular weight is 558 g/mol. The Morgan fingerprint density at radius 1 is 0.951 bits per heavy atom. The summed E-state index contributed by atoms with van der Waals surface area (Å²) >= 11 is 0. The largest absolute Gasteiger partial charge is 0.457 e. The van der Waals surface area contributed by atoms with E-state index in [0.29, 0.717) is 23.0 Å². The van der Waals surface area contributed by atoms with E-state index in [0.717, 1.165) is 70.0 Å². The molecule has 41 heavy (non-hydrogen) atoms. The van der Waals surface area contributed by atoms with Gasteiger partial charge < -0.3 is 24.0 Å². The standard InChI is InChI=1S/C31H32FN5O4/c32-23-7-9-24(10-8-23)41-25-4-1-3-21(17-25)18-27-30(38)35-28(31(39)34-27)19-26-29(22-5-6-22)37(20-33-26)12-2-11-36-13-15-40-16-14-36/h1,3-4,7-10,17-20,22H,2,5-6,11-16H2,(H,34,39)(H,35,38)/b27-18-,28-19-. The number of ether oxygens (including phenoxy) is 2. The molecule has 2 aromatic heterocycles. The van der Waals surface area contributed by atoms with Gasteiger partial charge in [-0.15, -0.1) is 0 Å². The molecule has 0 radical (unpaired) electrons. The highest BCUT2D eigenvalue weighted by atomic mass is 19.1. The van der Waals surface area contributed by atoms with Crippen molar-refractivity contribution in [2.75, 3.05) is 32.8 Å². The number of halogens is 1. The van der Waals surface area contributed by atoms with E-state index < -0.39 is 11.1 Å². The van der Waals surface area contributed by atoms with Gasteiger partial charge in [0.1, 0.15) is 28.0 Å². The average Bonchev–Trinajstić information content (AvgIpc) is 3.74. The van der Waals surface area contributed by atoms with Gasteiger partial charge in [-0.1, -0.05) is 12.1 Å². The molecule has 4 aromatic rings. The number of imidazole rings is 1. The first kappa shape index (κ1) is 26.9. The molecule has 0 bridgehead atoms. The Hall–Kier alpha value is -4.28.